The summed E-state index contributed by atoms with van der Waals surface area (Å²) in [6.07, 6.45) is 5.56. The van der Waals surface area contributed by atoms with E-state index in [0.717, 1.165) is 31.6 Å². The van der Waals surface area contributed by atoms with Crippen LogP contribution in [0.4, 0.5) is 0 Å². The molecule has 0 spiro atoms. The third-order valence-corrected chi connectivity index (χ3v) is 3.95. The second-order valence-electron chi connectivity index (χ2n) is 4.97. The number of allylic oxidation sites excluding steroid dienone is 1. The summed E-state index contributed by atoms with van der Waals surface area (Å²) in [6.45, 7) is 6.86. The average Bonchev–Trinajstić information content (AvgIpc) is 2.36. The molecule has 3 heteroatoms. The summed E-state index contributed by atoms with van der Waals surface area (Å²) in [6, 6.07) is 0.656. The molecule has 2 aliphatic rings. The highest BCUT2D eigenvalue weighted by atomic mass is 16.2. The van der Waals surface area contributed by atoms with Gasteiger partial charge in [-0.25, -0.2) is 0 Å². The van der Waals surface area contributed by atoms with Crippen LogP contribution in [0.1, 0.15) is 33.1 Å². The number of rotatable bonds is 1. The Kier molecular flexibility index (Phi) is 3.64. The smallest absolute Gasteiger partial charge is 0.249 e. The summed E-state index contributed by atoms with van der Waals surface area (Å²) in [4.78, 5) is 14.1. The Morgan fingerprint density at radius 2 is 2.25 bits per heavy atom. The SMILES string of the molecule is C/C=C(\C)C(=O)N1CC[C@H]2NCCC[C@@H]2C1. The molecule has 2 saturated heterocycles. The zero-order chi connectivity index (χ0) is 11.5. The van der Waals surface area contributed by atoms with Crippen molar-refractivity contribution in [3.05, 3.63) is 11.6 Å². The van der Waals surface area contributed by atoms with Gasteiger partial charge in [0.1, 0.15) is 0 Å². The van der Waals surface area contributed by atoms with Crippen LogP contribution in [0.5, 0.6) is 0 Å². The highest BCUT2D eigenvalue weighted by Gasteiger charge is 2.32. The minimum absolute atomic E-state index is 0.228. The highest BCUT2D eigenvalue weighted by molar-refractivity contribution is 5.92. The Balaban J connectivity index is 1.97. The minimum Gasteiger partial charge on any atom is -0.339 e. The molecule has 2 heterocycles. The zero-order valence-electron chi connectivity index (χ0n) is 10.3. The molecule has 2 aliphatic heterocycles. The average molecular weight is 222 g/mol. The second-order valence-corrected chi connectivity index (χ2v) is 4.97. The lowest BCUT2D eigenvalue weighted by molar-refractivity contribution is -0.129. The maximum atomic E-state index is 12.0. The topological polar surface area (TPSA) is 32.3 Å². The van der Waals surface area contributed by atoms with Crippen molar-refractivity contribution in [1.29, 1.82) is 0 Å². The number of likely N-dealkylation sites (tertiary alicyclic amines) is 1. The molecule has 0 bridgehead atoms. The molecule has 2 fully saturated rings. The molecule has 0 aliphatic carbocycles. The molecular formula is C13H22N2O. The van der Waals surface area contributed by atoms with Crippen molar-refractivity contribution < 1.29 is 4.79 Å². The lowest BCUT2D eigenvalue weighted by atomic mass is 9.85. The van der Waals surface area contributed by atoms with Gasteiger partial charge in [0, 0.05) is 24.7 Å². The van der Waals surface area contributed by atoms with Crippen LogP contribution >= 0.6 is 0 Å². The Morgan fingerprint density at radius 1 is 1.44 bits per heavy atom. The molecule has 1 N–H and O–H groups in total. The van der Waals surface area contributed by atoms with Gasteiger partial charge in [-0.2, -0.15) is 0 Å². The Morgan fingerprint density at radius 3 is 3.00 bits per heavy atom. The van der Waals surface area contributed by atoms with E-state index in [4.69, 9.17) is 0 Å². The van der Waals surface area contributed by atoms with Gasteiger partial charge in [0.25, 0.3) is 0 Å². The predicted molar refractivity (Wildman–Crippen MR) is 65.1 cm³/mol. The lowest BCUT2D eigenvalue weighted by Gasteiger charge is -2.41. The summed E-state index contributed by atoms with van der Waals surface area (Å²) in [5.41, 5.74) is 0.877. The van der Waals surface area contributed by atoms with Crippen molar-refractivity contribution in [1.82, 2.24) is 10.2 Å². The molecule has 0 aromatic heterocycles. The van der Waals surface area contributed by atoms with E-state index in [1.165, 1.54) is 12.8 Å². The first-order chi connectivity index (χ1) is 7.72. The van der Waals surface area contributed by atoms with Gasteiger partial charge < -0.3 is 10.2 Å². The lowest BCUT2D eigenvalue weighted by Crippen LogP contribution is -2.53. The molecule has 1 amide bonds. The Labute approximate surface area is 97.9 Å². The fourth-order valence-corrected chi connectivity index (χ4v) is 2.80. The summed E-state index contributed by atoms with van der Waals surface area (Å²) in [5.74, 6) is 0.905. The van der Waals surface area contributed by atoms with Gasteiger partial charge in [0.15, 0.2) is 0 Å². The quantitative estimate of drug-likeness (QED) is 0.683. The standard InChI is InChI=1S/C13H22N2O/c1-3-10(2)13(16)15-8-6-12-11(9-15)5-4-7-14-12/h3,11-12,14H,4-9H2,1-2H3/b10-3+/t11-,12-/m1/s1. The highest BCUT2D eigenvalue weighted by Crippen LogP contribution is 2.25. The predicted octanol–water partition coefficient (Wildman–Crippen LogP) is 1.55. The fourth-order valence-electron chi connectivity index (χ4n) is 2.80. The van der Waals surface area contributed by atoms with E-state index in [-0.39, 0.29) is 5.91 Å². The van der Waals surface area contributed by atoms with Crippen molar-refractivity contribution in [3.8, 4) is 0 Å². The van der Waals surface area contributed by atoms with E-state index < -0.39 is 0 Å². The second kappa shape index (κ2) is 5.00. The van der Waals surface area contributed by atoms with E-state index in [9.17, 15) is 4.79 Å². The summed E-state index contributed by atoms with van der Waals surface area (Å²) < 4.78 is 0. The molecule has 0 aromatic carbocycles. The number of piperidine rings is 2. The van der Waals surface area contributed by atoms with Gasteiger partial charge in [-0.1, -0.05) is 6.08 Å². The number of fused-ring (bicyclic) bond motifs is 1. The summed E-state index contributed by atoms with van der Waals surface area (Å²) in [7, 11) is 0. The van der Waals surface area contributed by atoms with Gasteiger partial charge in [0.05, 0.1) is 0 Å². The number of hydrogen-bond acceptors (Lipinski definition) is 2. The van der Waals surface area contributed by atoms with Crippen molar-refractivity contribution in [3.63, 3.8) is 0 Å². The molecule has 0 aromatic rings. The zero-order valence-corrected chi connectivity index (χ0v) is 10.3. The number of nitrogens with one attached hydrogen (secondary N) is 1. The normalized spacial score (nSPS) is 31.1. The first kappa shape index (κ1) is 11.6. The molecule has 0 saturated carbocycles. The van der Waals surface area contributed by atoms with Crippen LogP contribution < -0.4 is 5.32 Å². The van der Waals surface area contributed by atoms with E-state index in [2.05, 4.69) is 5.32 Å². The van der Waals surface area contributed by atoms with Crippen molar-refractivity contribution >= 4 is 5.91 Å². The number of amides is 1. The van der Waals surface area contributed by atoms with E-state index >= 15 is 0 Å². The first-order valence-corrected chi connectivity index (χ1v) is 6.38. The summed E-state index contributed by atoms with van der Waals surface area (Å²) >= 11 is 0. The monoisotopic (exact) mass is 222 g/mol. The van der Waals surface area contributed by atoms with Crippen molar-refractivity contribution in [2.45, 2.75) is 39.2 Å². The largest absolute Gasteiger partial charge is 0.339 e. The van der Waals surface area contributed by atoms with Crippen molar-refractivity contribution in [2.75, 3.05) is 19.6 Å². The van der Waals surface area contributed by atoms with Crippen LogP contribution in [0.25, 0.3) is 0 Å². The van der Waals surface area contributed by atoms with Gasteiger partial charge in [-0.05, 0) is 45.6 Å². The molecule has 16 heavy (non-hydrogen) atoms. The van der Waals surface area contributed by atoms with Crippen molar-refractivity contribution in [2.24, 2.45) is 5.92 Å². The fraction of sp³-hybridized carbons (Fsp3) is 0.769. The summed E-state index contributed by atoms with van der Waals surface area (Å²) in [5, 5.41) is 3.57. The molecular weight excluding hydrogens is 200 g/mol. The van der Waals surface area contributed by atoms with Crippen LogP contribution in [-0.2, 0) is 4.79 Å². The van der Waals surface area contributed by atoms with Gasteiger partial charge in [0.2, 0.25) is 5.91 Å². The maximum Gasteiger partial charge on any atom is 0.249 e. The number of carbonyl (C=O) groups excluding carboxylic acids is 1. The molecule has 3 nitrogen and oxygen atoms in total. The third-order valence-electron chi connectivity index (χ3n) is 3.95. The first-order valence-electron chi connectivity index (χ1n) is 6.38. The molecule has 0 radical (unpaired) electrons. The number of hydrogen-bond donors (Lipinski definition) is 1. The Hall–Kier alpha value is -0.830. The molecule has 2 atom stereocenters. The van der Waals surface area contributed by atoms with Crippen LogP contribution in [0.15, 0.2) is 11.6 Å². The molecule has 90 valence electrons. The van der Waals surface area contributed by atoms with E-state index in [1.807, 2.05) is 24.8 Å². The molecule has 0 unspecified atom stereocenters. The van der Waals surface area contributed by atoms with E-state index in [1.54, 1.807) is 0 Å². The van der Waals surface area contributed by atoms with Crippen LogP contribution in [-0.4, -0.2) is 36.5 Å². The van der Waals surface area contributed by atoms with Crippen LogP contribution in [0.2, 0.25) is 0 Å². The third kappa shape index (κ3) is 2.29. The maximum absolute atomic E-state index is 12.0. The Bertz CT molecular complexity index is 298. The van der Waals surface area contributed by atoms with Gasteiger partial charge in [-0.15, -0.1) is 0 Å². The van der Waals surface area contributed by atoms with E-state index in [0.29, 0.717) is 12.0 Å². The van der Waals surface area contributed by atoms with Crippen LogP contribution in [0, 0.1) is 5.92 Å². The van der Waals surface area contributed by atoms with Gasteiger partial charge in [-0.3, -0.25) is 4.79 Å². The minimum atomic E-state index is 0.228. The van der Waals surface area contributed by atoms with Crippen LogP contribution in [0.3, 0.4) is 0 Å². The van der Waals surface area contributed by atoms with Gasteiger partial charge >= 0.3 is 0 Å². The molecule has 2 rings (SSSR count). The number of carbonyl (C=O) groups is 1. The number of nitrogens with zero attached hydrogens (tertiary/aromatic N) is 1.